The Morgan fingerprint density at radius 3 is 2.51 bits per heavy atom. The van der Waals surface area contributed by atoms with E-state index in [1.807, 2.05) is 6.92 Å². The number of ketones is 3. The lowest BCUT2D eigenvalue weighted by Gasteiger charge is -2.32. The highest BCUT2D eigenvalue weighted by Crippen LogP contribution is 2.41. The van der Waals surface area contributed by atoms with Crippen molar-refractivity contribution >= 4 is 29.0 Å². The number of fused-ring (bicyclic) bond motifs is 2. The van der Waals surface area contributed by atoms with E-state index in [4.69, 9.17) is 0 Å². The highest BCUT2D eigenvalue weighted by atomic mass is 16.1. The molecule has 184 valence electrons. The zero-order valence-electron chi connectivity index (χ0n) is 21.7. The fourth-order valence-corrected chi connectivity index (χ4v) is 6.49. The molecule has 2 aliphatic rings. The van der Waals surface area contributed by atoms with Crippen LogP contribution >= 0.6 is 0 Å². The lowest BCUT2D eigenvalue weighted by Crippen LogP contribution is -2.30. The van der Waals surface area contributed by atoms with Crippen LogP contribution in [0.15, 0.2) is 36.4 Å². The van der Waals surface area contributed by atoms with E-state index in [1.165, 1.54) is 34.8 Å². The van der Waals surface area contributed by atoms with Gasteiger partial charge in [-0.15, -0.1) is 0 Å². The van der Waals surface area contributed by atoms with Crippen molar-refractivity contribution in [1.82, 2.24) is 0 Å². The minimum Gasteiger partial charge on any atom is -0.300 e. The third-order valence-corrected chi connectivity index (χ3v) is 8.02. The molecule has 3 heteroatoms. The number of carbonyl (C=O) groups is 3. The van der Waals surface area contributed by atoms with Gasteiger partial charge in [0, 0.05) is 17.9 Å². The quantitative estimate of drug-likeness (QED) is 0.345. The molecular formula is C32H38O3. The summed E-state index contributed by atoms with van der Waals surface area (Å²) >= 11 is 0. The number of carbonyl (C=O) groups excluding carboxylic acids is 3. The van der Waals surface area contributed by atoms with E-state index in [0.29, 0.717) is 6.42 Å². The van der Waals surface area contributed by atoms with Gasteiger partial charge >= 0.3 is 0 Å². The predicted molar refractivity (Wildman–Crippen MR) is 142 cm³/mol. The minimum atomic E-state index is -0.0978. The third kappa shape index (κ3) is 5.39. The van der Waals surface area contributed by atoms with E-state index in [0.717, 1.165) is 49.7 Å². The van der Waals surface area contributed by atoms with Crippen molar-refractivity contribution in [2.24, 2.45) is 17.8 Å². The second-order valence-corrected chi connectivity index (χ2v) is 10.7. The molecule has 3 nitrogen and oxygen atoms in total. The lowest BCUT2D eigenvalue weighted by atomic mass is 9.71. The molecule has 0 aliphatic heterocycles. The largest absolute Gasteiger partial charge is 0.300 e. The monoisotopic (exact) mass is 470 g/mol. The number of aryl methyl sites for hydroxylation is 1. The van der Waals surface area contributed by atoms with Crippen molar-refractivity contribution in [3.05, 3.63) is 69.8 Å². The molecule has 0 saturated carbocycles. The molecule has 0 heterocycles. The molecule has 35 heavy (non-hydrogen) atoms. The second-order valence-electron chi connectivity index (χ2n) is 10.7. The fourth-order valence-electron chi connectivity index (χ4n) is 6.49. The summed E-state index contributed by atoms with van der Waals surface area (Å²) in [5.41, 5.74) is 8.31. The molecule has 0 saturated heterocycles. The lowest BCUT2D eigenvalue weighted by molar-refractivity contribution is -0.129. The van der Waals surface area contributed by atoms with Gasteiger partial charge in [0.15, 0.2) is 5.78 Å². The summed E-state index contributed by atoms with van der Waals surface area (Å²) < 4.78 is 0. The molecule has 2 aromatic carbocycles. The summed E-state index contributed by atoms with van der Waals surface area (Å²) in [6.07, 6.45) is 8.22. The highest BCUT2D eigenvalue weighted by Gasteiger charge is 2.34. The van der Waals surface area contributed by atoms with E-state index < -0.39 is 0 Å². The average Bonchev–Trinajstić information content (AvgIpc) is 3.23. The van der Waals surface area contributed by atoms with Crippen molar-refractivity contribution in [3.8, 4) is 0 Å². The topological polar surface area (TPSA) is 51.2 Å². The Morgan fingerprint density at radius 1 is 1.06 bits per heavy atom. The number of rotatable bonds is 10. The van der Waals surface area contributed by atoms with Gasteiger partial charge in [-0.2, -0.15) is 0 Å². The van der Waals surface area contributed by atoms with Gasteiger partial charge in [0.2, 0.25) is 0 Å². The molecule has 0 N–H and O–H groups in total. The van der Waals surface area contributed by atoms with Crippen LogP contribution in [-0.2, 0) is 22.4 Å². The van der Waals surface area contributed by atoms with Gasteiger partial charge in [0.1, 0.15) is 11.6 Å². The van der Waals surface area contributed by atoms with Gasteiger partial charge in [-0.05, 0) is 84.8 Å². The summed E-state index contributed by atoms with van der Waals surface area (Å²) in [7, 11) is 0. The van der Waals surface area contributed by atoms with Crippen LogP contribution in [-0.4, -0.2) is 17.3 Å². The highest BCUT2D eigenvalue weighted by molar-refractivity contribution is 6.02. The average molecular weight is 471 g/mol. The summed E-state index contributed by atoms with van der Waals surface area (Å²) in [4.78, 5) is 38.0. The number of Topliss-reactive ketones (excluding diaryl/α,β-unsaturated/α-hetero) is 3. The first-order valence-corrected chi connectivity index (χ1v) is 13.3. The molecule has 3 unspecified atom stereocenters. The predicted octanol–water partition coefficient (Wildman–Crippen LogP) is 7.22. The van der Waals surface area contributed by atoms with Crippen LogP contribution in [0.5, 0.6) is 0 Å². The van der Waals surface area contributed by atoms with Gasteiger partial charge < -0.3 is 0 Å². The summed E-state index contributed by atoms with van der Waals surface area (Å²) in [6.45, 7) is 7.75. The Labute approximate surface area is 210 Å². The Morgan fingerprint density at radius 2 is 1.83 bits per heavy atom. The molecular weight excluding hydrogens is 432 g/mol. The molecule has 3 atom stereocenters. The summed E-state index contributed by atoms with van der Waals surface area (Å²) in [5.74, 6) is 0.613. The van der Waals surface area contributed by atoms with E-state index >= 15 is 0 Å². The first-order chi connectivity index (χ1) is 16.8. The second kappa shape index (κ2) is 10.8. The zero-order valence-corrected chi connectivity index (χ0v) is 21.7. The molecule has 0 bridgehead atoms. The van der Waals surface area contributed by atoms with Gasteiger partial charge in [0.05, 0.1) is 6.42 Å². The van der Waals surface area contributed by atoms with Gasteiger partial charge in [-0.1, -0.05) is 69.2 Å². The number of hydrogen-bond donors (Lipinski definition) is 0. The van der Waals surface area contributed by atoms with Crippen LogP contribution in [0, 0.1) is 24.7 Å². The molecule has 2 aromatic rings. The summed E-state index contributed by atoms with van der Waals surface area (Å²) in [6, 6.07) is 12.8. The Bertz CT molecular complexity index is 1170. The van der Waals surface area contributed by atoms with Crippen molar-refractivity contribution < 1.29 is 14.4 Å². The Balaban J connectivity index is 1.62. The van der Waals surface area contributed by atoms with E-state index in [1.54, 1.807) is 0 Å². The molecule has 0 amide bonds. The van der Waals surface area contributed by atoms with Crippen LogP contribution in [0.25, 0.3) is 11.6 Å². The van der Waals surface area contributed by atoms with Gasteiger partial charge in [-0.25, -0.2) is 0 Å². The molecule has 2 aliphatic carbocycles. The third-order valence-electron chi connectivity index (χ3n) is 8.02. The maximum absolute atomic E-state index is 13.4. The fraction of sp³-hybridized carbons (Fsp3) is 0.469. The van der Waals surface area contributed by atoms with Crippen LogP contribution < -0.4 is 0 Å². The van der Waals surface area contributed by atoms with E-state index in [-0.39, 0.29) is 41.5 Å². The smallest absolute Gasteiger partial charge is 0.163 e. The SMILES string of the molecule is CCCC(CC1CC(=O)c2c(C)ccc(C3=Cc4ccccc4C3)c2C1)C(CC)C(=O)CC(C)=O. The maximum atomic E-state index is 13.4. The number of allylic oxidation sites excluding steroid dienone is 1. The number of benzene rings is 2. The van der Waals surface area contributed by atoms with Crippen LogP contribution in [0.1, 0.15) is 97.5 Å². The molecule has 0 fully saturated rings. The first-order valence-electron chi connectivity index (χ1n) is 13.3. The molecule has 4 rings (SSSR count). The van der Waals surface area contributed by atoms with E-state index in [9.17, 15) is 14.4 Å². The summed E-state index contributed by atoms with van der Waals surface area (Å²) in [5, 5.41) is 0. The zero-order chi connectivity index (χ0) is 25.1. The van der Waals surface area contributed by atoms with Crippen molar-refractivity contribution in [2.45, 2.75) is 79.1 Å². The maximum Gasteiger partial charge on any atom is 0.163 e. The Kier molecular flexibility index (Phi) is 7.84. The first kappa shape index (κ1) is 25.3. The molecule has 0 radical (unpaired) electrons. The van der Waals surface area contributed by atoms with Crippen molar-refractivity contribution in [3.63, 3.8) is 0 Å². The van der Waals surface area contributed by atoms with Crippen molar-refractivity contribution in [1.29, 1.82) is 0 Å². The standard InChI is InChI=1S/C32H38O3/c1-5-9-25(27(6-2)30(34)14-21(4)33)15-22-16-29-28(13-12-20(3)32(29)31(35)17-22)26-18-23-10-7-8-11-24(23)19-26/h7-8,10-13,18,22,25,27H,5-6,9,14-17,19H2,1-4H3. The Hall–Kier alpha value is -2.81. The van der Waals surface area contributed by atoms with Gasteiger partial charge in [0.25, 0.3) is 0 Å². The minimum absolute atomic E-state index is 0.0310. The van der Waals surface area contributed by atoms with E-state index in [2.05, 4.69) is 56.3 Å². The van der Waals surface area contributed by atoms with Crippen LogP contribution in [0.3, 0.4) is 0 Å². The van der Waals surface area contributed by atoms with Crippen LogP contribution in [0.4, 0.5) is 0 Å². The van der Waals surface area contributed by atoms with Gasteiger partial charge in [-0.3, -0.25) is 14.4 Å². The number of hydrogen-bond acceptors (Lipinski definition) is 3. The molecule has 0 spiro atoms. The molecule has 0 aromatic heterocycles. The van der Waals surface area contributed by atoms with Crippen LogP contribution in [0.2, 0.25) is 0 Å². The van der Waals surface area contributed by atoms with Crippen molar-refractivity contribution in [2.75, 3.05) is 0 Å². The normalized spacial score (nSPS) is 18.5.